The van der Waals surface area contributed by atoms with E-state index in [0.717, 1.165) is 13.1 Å². The number of hydrogen-bond acceptors (Lipinski definition) is 2. The van der Waals surface area contributed by atoms with Crippen LogP contribution >= 0.6 is 0 Å². The van der Waals surface area contributed by atoms with Crippen LogP contribution in [0.4, 0.5) is 0 Å². The molecule has 2 heteroatoms. The third kappa shape index (κ3) is 4.02. The Morgan fingerprint density at radius 1 is 1.08 bits per heavy atom. The molecule has 2 aliphatic rings. The highest BCUT2D eigenvalue weighted by Crippen LogP contribution is 2.34. The van der Waals surface area contributed by atoms with Gasteiger partial charge in [0.15, 0.2) is 0 Å². The zero-order chi connectivity index (χ0) is 18.7. The summed E-state index contributed by atoms with van der Waals surface area (Å²) in [6.07, 6.45) is 6.09. The van der Waals surface area contributed by atoms with Crippen LogP contribution in [0, 0.1) is 6.92 Å². The maximum atomic E-state index is 3.72. The van der Waals surface area contributed by atoms with Crippen LogP contribution in [-0.2, 0) is 0 Å². The zero-order valence-corrected chi connectivity index (χ0v) is 16.9. The Kier molecular flexibility index (Phi) is 5.83. The van der Waals surface area contributed by atoms with Crippen molar-refractivity contribution in [3.05, 3.63) is 75.2 Å². The molecule has 0 radical (unpaired) electrons. The Hall–Kier alpha value is -2.06. The second-order valence-corrected chi connectivity index (χ2v) is 7.84. The molecule has 1 heterocycles. The molecule has 26 heavy (non-hydrogen) atoms. The highest BCUT2D eigenvalue weighted by atomic mass is 14.9. The summed E-state index contributed by atoms with van der Waals surface area (Å²) in [5.41, 5.74) is 12.6. The Labute approximate surface area is 158 Å². The molecule has 0 amide bonds. The fraction of sp³-hybridized carbons (Fsp3) is 0.417. The SMILES string of the molecule is CC1=CC(C)=C(CNCC(=C(C)C)c2ccccc2C)C(=C2CCC2)N1. The number of rotatable bonds is 5. The molecule has 0 saturated heterocycles. The fourth-order valence-electron chi connectivity index (χ4n) is 3.82. The lowest BCUT2D eigenvalue weighted by atomic mass is 9.86. The highest BCUT2D eigenvalue weighted by molar-refractivity contribution is 5.71. The summed E-state index contributed by atoms with van der Waals surface area (Å²) in [6, 6.07) is 8.68. The highest BCUT2D eigenvalue weighted by Gasteiger charge is 2.21. The molecule has 0 aromatic heterocycles. The molecule has 1 saturated carbocycles. The van der Waals surface area contributed by atoms with E-state index < -0.39 is 0 Å². The van der Waals surface area contributed by atoms with Gasteiger partial charge in [-0.05, 0) is 93.4 Å². The number of aryl methyl sites for hydroxylation is 1. The van der Waals surface area contributed by atoms with Crippen LogP contribution < -0.4 is 10.6 Å². The quantitative estimate of drug-likeness (QED) is 0.719. The molecule has 0 bridgehead atoms. The summed E-state index contributed by atoms with van der Waals surface area (Å²) < 4.78 is 0. The van der Waals surface area contributed by atoms with Crippen molar-refractivity contribution in [3.8, 4) is 0 Å². The van der Waals surface area contributed by atoms with Crippen LogP contribution in [0.5, 0.6) is 0 Å². The van der Waals surface area contributed by atoms with Crippen molar-refractivity contribution in [2.45, 2.75) is 53.9 Å². The third-order valence-corrected chi connectivity index (χ3v) is 5.52. The first-order valence-electron chi connectivity index (χ1n) is 9.78. The number of dihydropyridines is 1. The summed E-state index contributed by atoms with van der Waals surface area (Å²) in [4.78, 5) is 0. The summed E-state index contributed by atoms with van der Waals surface area (Å²) in [5.74, 6) is 0. The average molecular weight is 349 g/mol. The minimum absolute atomic E-state index is 0.898. The average Bonchev–Trinajstić information content (AvgIpc) is 2.52. The summed E-state index contributed by atoms with van der Waals surface area (Å²) >= 11 is 0. The van der Waals surface area contributed by atoms with Crippen molar-refractivity contribution in [2.24, 2.45) is 0 Å². The van der Waals surface area contributed by atoms with Crippen molar-refractivity contribution >= 4 is 5.57 Å². The van der Waals surface area contributed by atoms with E-state index in [1.165, 1.54) is 64.1 Å². The van der Waals surface area contributed by atoms with E-state index in [2.05, 4.69) is 75.6 Å². The minimum atomic E-state index is 0.898. The van der Waals surface area contributed by atoms with Crippen LogP contribution in [0.3, 0.4) is 0 Å². The first-order valence-corrected chi connectivity index (χ1v) is 9.78. The maximum Gasteiger partial charge on any atom is 0.0421 e. The molecule has 0 atom stereocenters. The molecular weight excluding hydrogens is 316 g/mol. The van der Waals surface area contributed by atoms with Gasteiger partial charge in [-0.3, -0.25) is 0 Å². The van der Waals surface area contributed by atoms with E-state index >= 15 is 0 Å². The first kappa shape index (κ1) is 18.7. The Bertz CT molecular complexity index is 808. The van der Waals surface area contributed by atoms with Crippen molar-refractivity contribution in [1.82, 2.24) is 10.6 Å². The molecule has 2 nitrogen and oxygen atoms in total. The Balaban J connectivity index is 1.76. The fourth-order valence-corrected chi connectivity index (χ4v) is 3.82. The van der Waals surface area contributed by atoms with E-state index in [4.69, 9.17) is 0 Å². The van der Waals surface area contributed by atoms with Gasteiger partial charge in [0.2, 0.25) is 0 Å². The molecule has 1 aromatic carbocycles. The number of benzene rings is 1. The van der Waals surface area contributed by atoms with Gasteiger partial charge < -0.3 is 10.6 Å². The van der Waals surface area contributed by atoms with Gasteiger partial charge in [0, 0.05) is 24.5 Å². The summed E-state index contributed by atoms with van der Waals surface area (Å²) in [7, 11) is 0. The molecule has 2 N–H and O–H groups in total. The normalized spacial score (nSPS) is 16.9. The van der Waals surface area contributed by atoms with Crippen molar-refractivity contribution < 1.29 is 0 Å². The predicted octanol–water partition coefficient (Wildman–Crippen LogP) is 5.64. The number of nitrogens with one attached hydrogen (secondary N) is 2. The molecule has 138 valence electrons. The Morgan fingerprint density at radius 3 is 2.42 bits per heavy atom. The van der Waals surface area contributed by atoms with Crippen LogP contribution in [0.15, 0.2) is 64.0 Å². The maximum absolute atomic E-state index is 3.72. The second kappa shape index (κ2) is 8.09. The smallest absolute Gasteiger partial charge is 0.0421 e. The molecule has 3 rings (SSSR count). The van der Waals surface area contributed by atoms with Gasteiger partial charge in [-0.15, -0.1) is 0 Å². The summed E-state index contributed by atoms with van der Waals surface area (Å²) in [6.45, 7) is 12.8. The van der Waals surface area contributed by atoms with Gasteiger partial charge >= 0.3 is 0 Å². The van der Waals surface area contributed by atoms with Gasteiger partial charge in [0.1, 0.15) is 0 Å². The lowest BCUT2D eigenvalue weighted by molar-refractivity contribution is 0.635. The second-order valence-electron chi connectivity index (χ2n) is 7.84. The predicted molar refractivity (Wildman–Crippen MR) is 113 cm³/mol. The van der Waals surface area contributed by atoms with E-state index in [1.807, 2.05) is 0 Å². The standard InChI is InChI=1S/C24H32N2/c1-16(2)22(21-12-7-6-9-17(21)3)14-25-15-23-18(4)13-19(5)26-24(23)20-10-8-11-20/h6-7,9,12-13,25-26H,8,10-11,14-15H2,1-5H3. The molecular formula is C24H32N2. The lowest BCUT2D eigenvalue weighted by Gasteiger charge is -2.29. The van der Waals surface area contributed by atoms with E-state index in [9.17, 15) is 0 Å². The van der Waals surface area contributed by atoms with Gasteiger partial charge in [0.25, 0.3) is 0 Å². The van der Waals surface area contributed by atoms with E-state index in [0.29, 0.717) is 0 Å². The van der Waals surface area contributed by atoms with Crippen LogP contribution in [0.25, 0.3) is 5.57 Å². The molecule has 1 aliphatic carbocycles. The van der Waals surface area contributed by atoms with Crippen LogP contribution in [-0.4, -0.2) is 13.1 Å². The van der Waals surface area contributed by atoms with E-state index in [-0.39, 0.29) is 0 Å². The van der Waals surface area contributed by atoms with E-state index in [1.54, 1.807) is 5.57 Å². The largest absolute Gasteiger partial charge is 0.359 e. The molecule has 1 aromatic rings. The number of allylic oxidation sites excluding steroid dienone is 5. The topological polar surface area (TPSA) is 24.1 Å². The zero-order valence-electron chi connectivity index (χ0n) is 16.9. The lowest BCUT2D eigenvalue weighted by Crippen LogP contribution is -2.29. The van der Waals surface area contributed by atoms with Crippen LogP contribution in [0.2, 0.25) is 0 Å². The molecule has 1 fully saturated rings. The van der Waals surface area contributed by atoms with Crippen LogP contribution in [0.1, 0.15) is 58.1 Å². The first-order chi connectivity index (χ1) is 12.5. The molecule has 1 aliphatic heterocycles. The number of hydrogen-bond donors (Lipinski definition) is 2. The van der Waals surface area contributed by atoms with Gasteiger partial charge in [-0.25, -0.2) is 0 Å². The van der Waals surface area contributed by atoms with Crippen molar-refractivity contribution in [1.29, 1.82) is 0 Å². The van der Waals surface area contributed by atoms with Gasteiger partial charge in [0.05, 0.1) is 0 Å². The van der Waals surface area contributed by atoms with Gasteiger partial charge in [-0.2, -0.15) is 0 Å². The van der Waals surface area contributed by atoms with Crippen molar-refractivity contribution in [2.75, 3.05) is 13.1 Å². The Morgan fingerprint density at radius 2 is 1.81 bits per heavy atom. The van der Waals surface area contributed by atoms with Gasteiger partial charge in [-0.1, -0.05) is 29.8 Å². The minimum Gasteiger partial charge on any atom is -0.359 e. The monoisotopic (exact) mass is 348 g/mol. The molecule has 0 unspecified atom stereocenters. The van der Waals surface area contributed by atoms with Crippen molar-refractivity contribution in [3.63, 3.8) is 0 Å². The third-order valence-electron chi connectivity index (χ3n) is 5.52. The molecule has 0 spiro atoms. The summed E-state index contributed by atoms with van der Waals surface area (Å²) in [5, 5.41) is 7.35.